The largest absolute Gasteiger partial charge is 0.461 e. The predicted molar refractivity (Wildman–Crippen MR) is 104 cm³/mol. The Bertz CT molecular complexity index is 599. The highest BCUT2D eigenvalue weighted by atomic mass is 79.9. The van der Waals surface area contributed by atoms with E-state index in [1.807, 2.05) is 0 Å². The molecule has 0 bridgehead atoms. The van der Waals surface area contributed by atoms with Crippen molar-refractivity contribution in [2.75, 3.05) is 0 Å². The third-order valence-corrected chi connectivity index (χ3v) is 9.83. The highest BCUT2D eigenvalue weighted by Gasteiger charge is 2.65. The normalized spacial score (nSPS) is 54.6. The van der Waals surface area contributed by atoms with Gasteiger partial charge < -0.3 is 9.84 Å². The van der Waals surface area contributed by atoms with Crippen LogP contribution >= 0.6 is 15.9 Å². The highest BCUT2D eigenvalue weighted by molar-refractivity contribution is 9.09. The van der Waals surface area contributed by atoms with Gasteiger partial charge in [0.1, 0.15) is 6.10 Å². The van der Waals surface area contributed by atoms with E-state index in [0.717, 1.165) is 44.9 Å². The third-order valence-electron chi connectivity index (χ3n) is 8.97. The quantitative estimate of drug-likeness (QED) is 0.289. The summed E-state index contributed by atoms with van der Waals surface area (Å²) in [6.07, 6.45) is 6.10. The molecule has 4 fully saturated rings. The van der Waals surface area contributed by atoms with Crippen LogP contribution in [0.5, 0.6) is 0 Å². The van der Waals surface area contributed by atoms with Crippen LogP contribution in [0.2, 0.25) is 0 Å². The third kappa shape index (κ3) is 3.01. The van der Waals surface area contributed by atoms with Crippen molar-refractivity contribution < 1.29 is 24.8 Å². The maximum atomic E-state index is 11.7. The second-order valence-electron chi connectivity index (χ2n) is 10.1. The number of fused-ring (bicyclic) bond motifs is 5. The number of esters is 1. The zero-order valence-corrected chi connectivity index (χ0v) is 18.2. The van der Waals surface area contributed by atoms with Gasteiger partial charge in [-0.05, 0) is 74.0 Å². The number of alkyl halides is 1. The van der Waals surface area contributed by atoms with Crippen molar-refractivity contribution in [2.24, 2.45) is 34.5 Å². The number of carbonyl (C=O) groups excluding carboxylic acids is 1. The van der Waals surface area contributed by atoms with Crippen LogP contribution in [0.4, 0.5) is 0 Å². The maximum Gasteiger partial charge on any atom is 0.302 e. The van der Waals surface area contributed by atoms with E-state index in [-0.39, 0.29) is 45.9 Å². The Morgan fingerprint density at radius 3 is 2.44 bits per heavy atom. The Balaban J connectivity index is 1.63. The van der Waals surface area contributed by atoms with Gasteiger partial charge in [0.05, 0.1) is 17.0 Å². The van der Waals surface area contributed by atoms with E-state index >= 15 is 0 Å². The van der Waals surface area contributed by atoms with Gasteiger partial charge in [-0.25, -0.2) is 4.89 Å². The minimum Gasteiger partial charge on any atom is -0.461 e. The van der Waals surface area contributed by atoms with Crippen LogP contribution in [0.15, 0.2) is 0 Å². The first-order chi connectivity index (χ1) is 12.7. The zero-order chi connectivity index (χ0) is 19.6. The Hall–Kier alpha value is -0.170. The summed E-state index contributed by atoms with van der Waals surface area (Å²) in [7, 11) is 0. The molecule has 0 heterocycles. The smallest absolute Gasteiger partial charge is 0.302 e. The minimum atomic E-state index is -0.328. The van der Waals surface area contributed by atoms with E-state index in [0.29, 0.717) is 17.8 Å². The zero-order valence-electron chi connectivity index (χ0n) is 16.6. The highest BCUT2D eigenvalue weighted by Crippen LogP contribution is 2.67. The van der Waals surface area contributed by atoms with Crippen LogP contribution in [0.25, 0.3) is 0 Å². The topological polar surface area (TPSA) is 76.0 Å². The predicted octanol–water partition coefficient (Wildman–Crippen LogP) is 4.16. The molecule has 4 unspecified atom stereocenters. The number of ether oxygens (including phenoxy) is 1. The summed E-state index contributed by atoms with van der Waals surface area (Å²) in [5.74, 6) is 1.29. The van der Waals surface area contributed by atoms with Crippen LogP contribution in [0, 0.1) is 34.5 Å². The molecular weight excluding hydrogens is 412 g/mol. The first-order valence-corrected chi connectivity index (χ1v) is 11.4. The van der Waals surface area contributed by atoms with Gasteiger partial charge >= 0.3 is 5.97 Å². The molecule has 4 saturated carbocycles. The molecule has 6 heteroatoms. The van der Waals surface area contributed by atoms with Crippen molar-refractivity contribution in [3.05, 3.63) is 0 Å². The lowest BCUT2D eigenvalue weighted by molar-refractivity contribution is -0.298. The Labute approximate surface area is 170 Å². The Morgan fingerprint density at radius 2 is 1.78 bits per heavy atom. The van der Waals surface area contributed by atoms with Gasteiger partial charge in [0.15, 0.2) is 0 Å². The average molecular weight is 445 g/mol. The fourth-order valence-electron chi connectivity index (χ4n) is 7.59. The lowest BCUT2D eigenvalue weighted by Gasteiger charge is -2.62. The van der Waals surface area contributed by atoms with Gasteiger partial charge in [0.25, 0.3) is 0 Å². The van der Waals surface area contributed by atoms with E-state index in [4.69, 9.17) is 9.99 Å². The first kappa shape index (κ1) is 20.1. The van der Waals surface area contributed by atoms with Crippen LogP contribution in [0.1, 0.15) is 65.7 Å². The molecule has 2 N–H and O–H groups in total. The molecular formula is C21H33BrO5. The molecule has 0 aromatic carbocycles. The molecule has 10 atom stereocenters. The van der Waals surface area contributed by atoms with Crippen LogP contribution in [0.3, 0.4) is 0 Å². The van der Waals surface area contributed by atoms with Crippen molar-refractivity contribution in [3.8, 4) is 0 Å². The molecule has 0 spiro atoms. The fourth-order valence-corrected chi connectivity index (χ4v) is 8.71. The number of rotatable bonds is 2. The van der Waals surface area contributed by atoms with Crippen LogP contribution < -0.4 is 0 Å². The summed E-state index contributed by atoms with van der Waals surface area (Å²) in [4.78, 5) is 16.5. The molecule has 5 nitrogen and oxygen atoms in total. The number of hydrogen-bond acceptors (Lipinski definition) is 5. The van der Waals surface area contributed by atoms with Crippen molar-refractivity contribution in [1.82, 2.24) is 0 Å². The van der Waals surface area contributed by atoms with E-state index in [2.05, 4.69) is 34.7 Å². The van der Waals surface area contributed by atoms with Crippen molar-refractivity contribution >= 4 is 21.9 Å². The number of aliphatic hydroxyl groups is 1. The number of halogens is 1. The van der Waals surface area contributed by atoms with E-state index in [9.17, 15) is 9.90 Å². The summed E-state index contributed by atoms with van der Waals surface area (Å²) in [5.41, 5.74) is 0.123. The number of hydrogen-bond donors (Lipinski definition) is 2. The molecule has 4 rings (SSSR count). The second-order valence-corrected chi connectivity index (χ2v) is 11.3. The summed E-state index contributed by atoms with van der Waals surface area (Å²) in [5, 5.41) is 20.3. The molecule has 0 amide bonds. The maximum absolute atomic E-state index is 11.7. The second kappa shape index (κ2) is 6.96. The van der Waals surface area contributed by atoms with Crippen LogP contribution in [-0.2, 0) is 14.4 Å². The van der Waals surface area contributed by atoms with Crippen molar-refractivity contribution in [2.45, 2.75) is 88.9 Å². The van der Waals surface area contributed by atoms with Crippen LogP contribution in [-0.4, -0.2) is 39.5 Å². The molecule has 0 aliphatic heterocycles. The summed E-state index contributed by atoms with van der Waals surface area (Å²) < 4.78 is 5.76. The minimum absolute atomic E-state index is 0.0728. The van der Waals surface area contributed by atoms with E-state index < -0.39 is 0 Å². The SMILES string of the molecule is CC(=O)O[C@H]1[C@H](Br)CC2C3C(CC[C@@]21C)[C@@]1(C)CC[C@H](OO)CC1C[C@@H]3O. The molecule has 0 aromatic rings. The Kier molecular flexibility index (Phi) is 5.19. The summed E-state index contributed by atoms with van der Waals surface area (Å²) >= 11 is 3.79. The van der Waals surface area contributed by atoms with Gasteiger partial charge in [0, 0.05) is 12.3 Å². The molecule has 4 aliphatic carbocycles. The van der Waals surface area contributed by atoms with Crippen molar-refractivity contribution in [3.63, 3.8) is 0 Å². The number of carbonyl (C=O) groups is 1. The molecule has 27 heavy (non-hydrogen) atoms. The monoisotopic (exact) mass is 444 g/mol. The van der Waals surface area contributed by atoms with Crippen molar-refractivity contribution in [1.29, 1.82) is 0 Å². The van der Waals surface area contributed by atoms with Gasteiger partial charge in [-0.1, -0.05) is 29.8 Å². The molecule has 0 radical (unpaired) electrons. The molecule has 154 valence electrons. The van der Waals surface area contributed by atoms with Gasteiger partial charge in [-0.3, -0.25) is 10.1 Å². The van der Waals surface area contributed by atoms with E-state index in [1.165, 1.54) is 6.92 Å². The Morgan fingerprint density at radius 1 is 1.07 bits per heavy atom. The van der Waals surface area contributed by atoms with Gasteiger partial charge in [0.2, 0.25) is 0 Å². The summed E-state index contributed by atoms with van der Waals surface area (Å²) in [6, 6.07) is 0. The number of aliphatic hydroxyl groups excluding tert-OH is 1. The standard InChI is InChI=1S/C21H33BrO5/c1-11(23)26-19-16(22)10-15-18-14(5-7-21(15,19)3)20(2)6-4-13(27-25)8-12(20)9-17(18)24/h12-19,24-25H,4-10H2,1-3H3/t12?,13-,14?,15?,16+,17-,18?,19-,20-,21-/m0/s1. The van der Waals surface area contributed by atoms with E-state index in [1.54, 1.807) is 0 Å². The lowest BCUT2D eigenvalue weighted by atomic mass is 9.44. The van der Waals surface area contributed by atoms with Gasteiger partial charge in [-0.15, -0.1) is 0 Å². The van der Waals surface area contributed by atoms with Gasteiger partial charge in [-0.2, -0.15) is 0 Å². The fraction of sp³-hybridized carbons (Fsp3) is 0.952. The lowest BCUT2D eigenvalue weighted by Crippen LogP contribution is -2.59. The molecule has 0 saturated heterocycles. The summed E-state index contributed by atoms with van der Waals surface area (Å²) in [6.45, 7) is 6.16. The molecule has 4 aliphatic rings. The average Bonchev–Trinajstić information content (AvgIpc) is 2.86. The first-order valence-electron chi connectivity index (χ1n) is 10.5. The molecule has 0 aromatic heterocycles.